The van der Waals surface area contributed by atoms with Crippen LogP contribution in [-0.2, 0) is 6.54 Å². The number of pyridine rings is 1. The third-order valence-corrected chi connectivity index (χ3v) is 4.07. The molecule has 5 heteroatoms. The molecule has 0 aliphatic carbocycles. The second kappa shape index (κ2) is 3.20. The zero-order valence-corrected chi connectivity index (χ0v) is 10.0. The first kappa shape index (κ1) is 8.84. The minimum Gasteiger partial charge on any atom is -0.501 e. The van der Waals surface area contributed by atoms with Crippen LogP contribution in [0.3, 0.4) is 0 Å². The van der Waals surface area contributed by atoms with E-state index in [1.54, 1.807) is 11.8 Å². The van der Waals surface area contributed by atoms with Gasteiger partial charge in [-0.05, 0) is 27.7 Å². The number of halogens is 2. The molecule has 0 spiro atoms. The van der Waals surface area contributed by atoms with Crippen molar-refractivity contribution < 1.29 is 9.67 Å². The fourth-order valence-corrected chi connectivity index (χ4v) is 3.77. The van der Waals surface area contributed by atoms with Crippen LogP contribution in [0.2, 0.25) is 0 Å². The Balaban J connectivity index is 2.69. The smallest absolute Gasteiger partial charge is 0.284 e. The van der Waals surface area contributed by atoms with Crippen LogP contribution in [0.1, 0.15) is 0 Å². The highest BCUT2D eigenvalue weighted by Crippen LogP contribution is 2.36. The molecule has 0 radical (unpaired) electrons. The highest BCUT2D eigenvalue weighted by molar-refractivity contribution is 9.11. The third kappa shape index (κ3) is 1.28. The van der Waals surface area contributed by atoms with Gasteiger partial charge >= 0.3 is 0 Å². The van der Waals surface area contributed by atoms with Crippen molar-refractivity contribution in [2.24, 2.45) is 0 Å². The summed E-state index contributed by atoms with van der Waals surface area (Å²) in [5, 5.41) is 10.6. The van der Waals surface area contributed by atoms with Crippen molar-refractivity contribution in [2.75, 3.05) is 5.75 Å². The number of hydrogen-bond donors (Lipinski definition) is 1. The highest BCUT2D eigenvalue weighted by Gasteiger charge is 2.28. The molecule has 1 N–H and O–H groups in total. The van der Waals surface area contributed by atoms with Crippen molar-refractivity contribution in [1.82, 2.24) is 0 Å². The number of hydrogen-bond acceptors (Lipinski definition) is 2. The Bertz CT molecular complexity index is 343. The van der Waals surface area contributed by atoms with Crippen LogP contribution in [0.5, 0.6) is 5.75 Å². The van der Waals surface area contributed by atoms with Crippen LogP contribution in [0.25, 0.3) is 0 Å². The van der Waals surface area contributed by atoms with Gasteiger partial charge in [0.1, 0.15) is 0 Å². The first-order chi connectivity index (χ1) is 5.70. The second-order valence-electron chi connectivity index (χ2n) is 2.47. The van der Waals surface area contributed by atoms with Crippen LogP contribution < -0.4 is 4.57 Å². The van der Waals surface area contributed by atoms with Gasteiger partial charge in [0.25, 0.3) is 5.03 Å². The molecule has 0 aromatic carbocycles. The summed E-state index contributed by atoms with van der Waals surface area (Å²) in [4.78, 5) is 0. The lowest BCUT2D eigenvalue weighted by Gasteiger charge is -1.99. The summed E-state index contributed by atoms with van der Waals surface area (Å²) in [7, 11) is 0. The molecule has 1 aliphatic rings. The number of thioether (sulfide) groups is 1. The normalized spacial score (nSPS) is 14.8. The summed E-state index contributed by atoms with van der Waals surface area (Å²) in [6.07, 6.45) is 0. The lowest BCUT2D eigenvalue weighted by Crippen LogP contribution is -2.34. The van der Waals surface area contributed by atoms with Crippen LogP contribution in [0.15, 0.2) is 20.2 Å². The van der Waals surface area contributed by atoms with Crippen LogP contribution >= 0.6 is 43.6 Å². The molecule has 0 fully saturated rings. The molecule has 0 unspecified atom stereocenters. The molecule has 0 saturated carbocycles. The van der Waals surface area contributed by atoms with Crippen molar-refractivity contribution in [3.63, 3.8) is 0 Å². The van der Waals surface area contributed by atoms with Gasteiger partial charge in [-0.15, -0.1) is 0 Å². The molecule has 2 nitrogen and oxygen atoms in total. The fraction of sp³-hybridized carbons (Fsp3) is 0.286. The molecule has 0 bridgehead atoms. The molecule has 1 aliphatic heterocycles. The van der Waals surface area contributed by atoms with E-state index in [9.17, 15) is 5.11 Å². The Labute approximate surface area is 91.2 Å². The monoisotopic (exact) mass is 310 g/mol. The van der Waals surface area contributed by atoms with E-state index in [2.05, 4.69) is 36.4 Å². The molecule has 0 amide bonds. The number of aromatic hydroxyl groups is 1. The largest absolute Gasteiger partial charge is 0.501 e. The molecule has 2 rings (SSSR count). The van der Waals surface area contributed by atoms with Gasteiger partial charge in [-0.3, -0.25) is 0 Å². The standard InChI is InChI=1S/C7H5Br2NOS/c8-4-3-5(9)10-1-2-12-7(10)6(4)11/h3H,1-2H2/p+1. The first-order valence-corrected chi connectivity index (χ1v) is 6.01. The molecule has 1 aromatic heterocycles. The van der Waals surface area contributed by atoms with Gasteiger partial charge < -0.3 is 5.11 Å². The zero-order chi connectivity index (χ0) is 8.72. The topological polar surface area (TPSA) is 24.1 Å². The molecular weight excluding hydrogens is 306 g/mol. The average Bonchev–Trinajstić information content (AvgIpc) is 2.48. The lowest BCUT2D eigenvalue weighted by atomic mass is 10.4. The number of aromatic nitrogens is 1. The Morgan fingerprint density at radius 2 is 2.25 bits per heavy atom. The molecule has 0 saturated heterocycles. The number of nitrogens with zero attached hydrogens (tertiary/aromatic N) is 1. The maximum atomic E-state index is 9.63. The number of rotatable bonds is 0. The van der Waals surface area contributed by atoms with E-state index in [-0.39, 0.29) is 0 Å². The van der Waals surface area contributed by atoms with E-state index in [1.165, 1.54) is 0 Å². The molecule has 2 heterocycles. The number of fused-ring (bicyclic) bond motifs is 1. The second-order valence-corrected chi connectivity index (χ2v) is 5.22. The predicted octanol–water partition coefficient (Wildman–Crippen LogP) is 2.31. The summed E-state index contributed by atoms with van der Waals surface area (Å²) in [5.74, 6) is 1.38. The molecule has 12 heavy (non-hydrogen) atoms. The Morgan fingerprint density at radius 1 is 1.50 bits per heavy atom. The van der Waals surface area contributed by atoms with Crippen molar-refractivity contribution in [3.05, 3.63) is 15.1 Å². The van der Waals surface area contributed by atoms with Crippen molar-refractivity contribution in [3.8, 4) is 5.75 Å². The van der Waals surface area contributed by atoms with E-state index in [1.807, 2.05) is 6.07 Å². The maximum absolute atomic E-state index is 9.63. The summed E-state index contributed by atoms with van der Waals surface area (Å²) >= 11 is 8.41. The van der Waals surface area contributed by atoms with Gasteiger partial charge in [-0.25, -0.2) is 0 Å². The fourth-order valence-electron chi connectivity index (χ4n) is 1.17. The van der Waals surface area contributed by atoms with Gasteiger partial charge in [0.05, 0.1) is 10.2 Å². The van der Waals surface area contributed by atoms with E-state index in [0.29, 0.717) is 5.75 Å². The van der Waals surface area contributed by atoms with Gasteiger partial charge in [-0.1, -0.05) is 0 Å². The quantitative estimate of drug-likeness (QED) is 0.587. The van der Waals surface area contributed by atoms with Crippen LogP contribution in [-0.4, -0.2) is 10.9 Å². The Kier molecular flexibility index (Phi) is 2.35. The summed E-state index contributed by atoms with van der Waals surface area (Å²) in [6.45, 7) is 0.960. The molecule has 64 valence electrons. The summed E-state index contributed by atoms with van der Waals surface area (Å²) in [6, 6.07) is 1.87. The van der Waals surface area contributed by atoms with E-state index < -0.39 is 0 Å². The Hall–Kier alpha value is 0.260. The third-order valence-electron chi connectivity index (χ3n) is 1.73. The van der Waals surface area contributed by atoms with Gasteiger partial charge in [0.2, 0.25) is 10.4 Å². The highest BCUT2D eigenvalue weighted by atomic mass is 79.9. The molecular formula is C7H6Br2NOS+. The van der Waals surface area contributed by atoms with E-state index >= 15 is 0 Å². The Morgan fingerprint density at radius 3 is 3.00 bits per heavy atom. The van der Waals surface area contributed by atoms with Crippen molar-refractivity contribution >= 4 is 43.6 Å². The maximum Gasteiger partial charge on any atom is 0.284 e. The lowest BCUT2D eigenvalue weighted by molar-refractivity contribution is -0.734. The van der Waals surface area contributed by atoms with Gasteiger partial charge in [0.15, 0.2) is 6.54 Å². The summed E-state index contributed by atoms with van der Waals surface area (Å²) in [5.41, 5.74) is 0. The SMILES string of the molecule is Oc1c(Br)cc(Br)[n+]2c1SCC2. The minimum absolute atomic E-state index is 0.348. The van der Waals surface area contributed by atoms with Gasteiger partial charge in [-0.2, -0.15) is 4.57 Å². The first-order valence-electron chi connectivity index (χ1n) is 3.44. The zero-order valence-electron chi connectivity index (χ0n) is 6.05. The van der Waals surface area contributed by atoms with E-state index in [0.717, 1.165) is 26.4 Å². The van der Waals surface area contributed by atoms with Crippen molar-refractivity contribution in [2.45, 2.75) is 11.6 Å². The summed E-state index contributed by atoms with van der Waals surface area (Å²) < 4.78 is 3.81. The minimum atomic E-state index is 0.348. The van der Waals surface area contributed by atoms with E-state index in [4.69, 9.17) is 0 Å². The molecule has 0 atom stereocenters. The average molecular weight is 312 g/mol. The van der Waals surface area contributed by atoms with Gasteiger partial charge in [0, 0.05) is 22.0 Å². The van der Waals surface area contributed by atoms with Crippen LogP contribution in [0.4, 0.5) is 0 Å². The van der Waals surface area contributed by atoms with Crippen LogP contribution in [0, 0.1) is 0 Å². The molecule has 1 aromatic rings. The van der Waals surface area contributed by atoms with Crippen molar-refractivity contribution in [1.29, 1.82) is 0 Å². The predicted molar refractivity (Wildman–Crippen MR) is 54.4 cm³/mol.